The van der Waals surface area contributed by atoms with Crippen LogP contribution in [0.15, 0.2) is 24.3 Å². The molecule has 0 aromatic heterocycles. The van der Waals surface area contributed by atoms with Crippen LogP contribution in [0.1, 0.15) is 28.8 Å². The number of nitrogens with zero attached hydrogens (tertiary/aromatic N) is 1. The van der Waals surface area contributed by atoms with Crippen LogP contribution >= 0.6 is 11.8 Å². The molecule has 0 aliphatic carbocycles. The molecule has 0 amide bonds. The number of carbonyl (C=O) groups is 1. The molecule has 0 radical (unpaired) electrons. The van der Waals surface area contributed by atoms with Crippen molar-refractivity contribution in [3.8, 4) is 0 Å². The second-order valence-electron chi connectivity index (χ2n) is 5.20. The van der Waals surface area contributed by atoms with Crippen molar-refractivity contribution in [1.82, 2.24) is 4.90 Å². The second kappa shape index (κ2) is 6.96. The SMILES string of the molecule is CSC[C@@H]1CCCN(Cc2ccc(C(=O)O)cc2)C1. The Morgan fingerprint density at radius 2 is 2.16 bits per heavy atom. The first-order chi connectivity index (χ1) is 9.19. The van der Waals surface area contributed by atoms with Gasteiger partial charge in [0, 0.05) is 13.1 Å². The van der Waals surface area contributed by atoms with Crippen molar-refractivity contribution in [1.29, 1.82) is 0 Å². The van der Waals surface area contributed by atoms with Crippen LogP contribution in [-0.4, -0.2) is 41.1 Å². The molecule has 0 unspecified atom stereocenters. The largest absolute Gasteiger partial charge is 0.478 e. The Hall–Kier alpha value is -1.00. The number of thioether (sulfide) groups is 1. The summed E-state index contributed by atoms with van der Waals surface area (Å²) in [6.07, 6.45) is 4.79. The first-order valence-corrected chi connectivity index (χ1v) is 8.12. The molecule has 1 aromatic rings. The molecule has 0 saturated carbocycles. The summed E-state index contributed by atoms with van der Waals surface area (Å²) in [4.78, 5) is 13.3. The van der Waals surface area contributed by atoms with E-state index in [4.69, 9.17) is 5.11 Å². The third-order valence-corrected chi connectivity index (χ3v) is 4.42. The Labute approximate surface area is 119 Å². The van der Waals surface area contributed by atoms with Crippen molar-refractivity contribution >= 4 is 17.7 Å². The highest BCUT2D eigenvalue weighted by atomic mass is 32.2. The van der Waals surface area contributed by atoms with Gasteiger partial charge in [0.05, 0.1) is 5.56 Å². The van der Waals surface area contributed by atoms with Crippen molar-refractivity contribution in [2.24, 2.45) is 5.92 Å². The number of likely N-dealkylation sites (tertiary alicyclic amines) is 1. The van der Waals surface area contributed by atoms with Gasteiger partial charge in [-0.25, -0.2) is 4.79 Å². The van der Waals surface area contributed by atoms with Crippen molar-refractivity contribution in [3.63, 3.8) is 0 Å². The zero-order chi connectivity index (χ0) is 13.7. The van der Waals surface area contributed by atoms with Gasteiger partial charge in [-0.3, -0.25) is 4.90 Å². The topological polar surface area (TPSA) is 40.5 Å². The lowest BCUT2D eigenvalue weighted by molar-refractivity contribution is 0.0697. The van der Waals surface area contributed by atoms with Crippen LogP contribution in [0, 0.1) is 5.92 Å². The van der Waals surface area contributed by atoms with Gasteiger partial charge in [-0.15, -0.1) is 0 Å². The highest BCUT2D eigenvalue weighted by Gasteiger charge is 2.19. The summed E-state index contributed by atoms with van der Waals surface area (Å²) in [5, 5.41) is 8.88. The van der Waals surface area contributed by atoms with Crippen LogP contribution in [-0.2, 0) is 6.54 Å². The highest BCUT2D eigenvalue weighted by molar-refractivity contribution is 7.98. The first kappa shape index (κ1) is 14.4. The average molecular weight is 279 g/mol. The number of aromatic carboxylic acids is 1. The Balaban J connectivity index is 1.91. The number of carboxylic acid groups (broad SMARTS) is 1. The average Bonchev–Trinajstić information content (AvgIpc) is 2.40. The smallest absolute Gasteiger partial charge is 0.335 e. The fourth-order valence-electron chi connectivity index (χ4n) is 2.68. The predicted octanol–water partition coefficient (Wildman–Crippen LogP) is 2.96. The molecule has 1 atom stereocenters. The van der Waals surface area contributed by atoms with Gasteiger partial charge in [0.2, 0.25) is 0 Å². The predicted molar refractivity (Wildman–Crippen MR) is 79.8 cm³/mol. The van der Waals surface area contributed by atoms with E-state index in [9.17, 15) is 4.79 Å². The molecule has 104 valence electrons. The quantitative estimate of drug-likeness (QED) is 0.899. The molecule has 0 bridgehead atoms. The lowest BCUT2D eigenvalue weighted by Gasteiger charge is -2.32. The number of rotatable bonds is 5. The van der Waals surface area contributed by atoms with Gasteiger partial charge in [-0.05, 0) is 55.0 Å². The fraction of sp³-hybridized carbons (Fsp3) is 0.533. The number of benzene rings is 1. The molecular formula is C15H21NO2S. The van der Waals surface area contributed by atoms with Crippen molar-refractivity contribution in [3.05, 3.63) is 35.4 Å². The van der Waals surface area contributed by atoms with Gasteiger partial charge in [-0.2, -0.15) is 11.8 Å². The van der Waals surface area contributed by atoms with Gasteiger partial charge in [-0.1, -0.05) is 12.1 Å². The molecule has 3 nitrogen and oxygen atoms in total. The Morgan fingerprint density at radius 3 is 2.79 bits per heavy atom. The molecule has 1 aliphatic heterocycles. The molecule has 4 heteroatoms. The van der Waals surface area contributed by atoms with Gasteiger partial charge in [0.25, 0.3) is 0 Å². The van der Waals surface area contributed by atoms with E-state index in [1.807, 2.05) is 23.9 Å². The molecule has 19 heavy (non-hydrogen) atoms. The number of hydrogen-bond donors (Lipinski definition) is 1. The summed E-state index contributed by atoms with van der Waals surface area (Å²) < 4.78 is 0. The zero-order valence-corrected chi connectivity index (χ0v) is 12.2. The monoisotopic (exact) mass is 279 g/mol. The summed E-state index contributed by atoms with van der Waals surface area (Å²) in [5.74, 6) is 1.20. The van der Waals surface area contributed by atoms with E-state index in [-0.39, 0.29) is 0 Å². The number of hydrogen-bond acceptors (Lipinski definition) is 3. The maximum Gasteiger partial charge on any atom is 0.335 e. The molecule has 1 aromatic carbocycles. The highest BCUT2D eigenvalue weighted by Crippen LogP contribution is 2.21. The summed E-state index contributed by atoms with van der Waals surface area (Å²) in [6, 6.07) is 7.26. The van der Waals surface area contributed by atoms with Gasteiger partial charge in [0.1, 0.15) is 0 Å². The van der Waals surface area contributed by atoms with Gasteiger partial charge in [0.15, 0.2) is 0 Å². The molecule has 1 aliphatic rings. The van der Waals surface area contributed by atoms with Crippen LogP contribution in [0.25, 0.3) is 0 Å². The standard InChI is InChI=1S/C15H21NO2S/c1-19-11-13-3-2-8-16(10-13)9-12-4-6-14(7-5-12)15(17)18/h4-7,13H,2-3,8-11H2,1H3,(H,17,18)/t13-/m1/s1. The van der Waals surface area contributed by atoms with E-state index in [0.717, 1.165) is 19.0 Å². The maximum absolute atomic E-state index is 10.8. The van der Waals surface area contributed by atoms with E-state index in [1.54, 1.807) is 12.1 Å². The molecule has 1 heterocycles. The van der Waals surface area contributed by atoms with Crippen molar-refractivity contribution < 1.29 is 9.90 Å². The third-order valence-electron chi connectivity index (χ3n) is 3.61. The lowest BCUT2D eigenvalue weighted by atomic mass is 9.99. The van der Waals surface area contributed by atoms with Crippen LogP contribution in [0.2, 0.25) is 0 Å². The summed E-state index contributed by atoms with van der Waals surface area (Å²) in [6.45, 7) is 3.26. The van der Waals surface area contributed by atoms with Crippen LogP contribution < -0.4 is 0 Å². The number of carboxylic acids is 1. The van der Waals surface area contributed by atoms with Gasteiger partial charge < -0.3 is 5.11 Å². The molecular weight excluding hydrogens is 258 g/mol. The summed E-state index contributed by atoms with van der Waals surface area (Å²) in [5.41, 5.74) is 1.57. The molecule has 1 fully saturated rings. The van der Waals surface area contributed by atoms with Crippen molar-refractivity contribution in [2.45, 2.75) is 19.4 Å². The van der Waals surface area contributed by atoms with Crippen LogP contribution in [0.3, 0.4) is 0 Å². The lowest BCUT2D eigenvalue weighted by Crippen LogP contribution is -2.35. The Kier molecular flexibility index (Phi) is 5.28. The zero-order valence-electron chi connectivity index (χ0n) is 11.3. The first-order valence-electron chi connectivity index (χ1n) is 6.72. The minimum Gasteiger partial charge on any atom is -0.478 e. The molecule has 1 N–H and O–H groups in total. The second-order valence-corrected chi connectivity index (χ2v) is 6.11. The number of piperidine rings is 1. The fourth-order valence-corrected chi connectivity index (χ4v) is 3.42. The minimum absolute atomic E-state index is 0.364. The minimum atomic E-state index is -0.857. The van der Waals surface area contributed by atoms with E-state index in [2.05, 4.69) is 11.2 Å². The normalized spacial score (nSPS) is 20.4. The molecule has 2 rings (SSSR count). The summed E-state index contributed by atoms with van der Waals surface area (Å²) >= 11 is 1.93. The third kappa shape index (κ3) is 4.25. The Morgan fingerprint density at radius 1 is 1.42 bits per heavy atom. The molecule has 0 spiro atoms. The summed E-state index contributed by atoms with van der Waals surface area (Å²) in [7, 11) is 0. The maximum atomic E-state index is 10.8. The van der Waals surface area contributed by atoms with E-state index in [0.29, 0.717) is 5.56 Å². The van der Waals surface area contributed by atoms with Crippen LogP contribution in [0.5, 0.6) is 0 Å². The van der Waals surface area contributed by atoms with E-state index >= 15 is 0 Å². The van der Waals surface area contributed by atoms with E-state index < -0.39 is 5.97 Å². The molecule has 1 saturated heterocycles. The van der Waals surface area contributed by atoms with Crippen molar-refractivity contribution in [2.75, 3.05) is 25.1 Å². The van der Waals surface area contributed by atoms with Crippen LogP contribution in [0.4, 0.5) is 0 Å². The Bertz CT molecular complexity index is 417. The van der Waals surface area contributed by atoms with E-state index in [1.165, 1.54) is 30.7 Å². The van der Waals surface area contributed by atoms with Gasteiger partial charge >= 0.3 is 5.97 Å².